The van der Waals surface area contributed by atoms with E-state index < -0.39 is 0 Å². The van der Waals surface area contributed by atoms with E-state index in [1.165, 1.54) is 6.33 Å². The van der Waals surface area contributed by atoms with Gasteiger partial charge in [-0.3, -0.25) is 5.41 Å². The molecule has 0 aliphatic rings. The number of nitrogens with zero attached hydrogens (tertiary/aromatic N) is 3. The van der Waals surface area contributed by atoms with Crippen LogP contribution in [-0.2, 0) is 6.54 Å². The number of hydrogen-bond donors (Lipinski definition) is 3. The third-order valence-corrected chi connectivity index (χ3v) is 4.42. The molecule has 0 unspecified atom stereocenters. The van der Waals surface area contributed by atoms with Crippen molar-refractivity contribution in [3.63, 3.8) is 0 Å². The van der Waals surface area contributed by atoms with Crippen LogP contribution in [0, 0.1) is 12.3 Å². The van der Waals surface area contributed by atoms with E-state index in [0.29, 0.717) is 23.1 Å². The summed E-state index contributed by atoms with van der Waals surface area (Å²) in [5.74, 6) is 0.774. The van der Waals surface area contributed by atoms with Crippen LogP contribution < -0.4 is 11.1 Å². The Bertz CT molecular complexity index is 943. The zero-order valence-electron chi connectivity index (χ0n) is 12.8. The van der Waals surface area contributed by atoms with Gasteiger partial charge in [-0.1, -0.05) is 29.8 Å². The molecule has 1 aromatic carbocycles. The number of benzene rings is 1. The fraction of sp³-hybridized carbons (Fsp3) is 0.125. The molecular weight excluding hydrogens is 439 g/mol. The third kappa shape index (κ3) is 3.27. The fourth-order valence-corrected chi connectivity index (χ4v) is 3.40. The van der Waals surface area contributed by atoms with Crippen molar-refractivity contribution in [1.82, 2.24) is 15.0 Å². The first-order valence-corrected chi connectivity index (χ1v) is 8.56. The second-order valence-electron chi connectivity index (χ2n) is 5.23. The van der Waals surface area contributed by atoms with Gasteiger partial charge in [0, 0.05) is 5.39 Å². The van der Waals surface area contributed by atoms with Crippen molar-refractivity contribution in [3.05, 3.63) is 52.6 Å². The average Bonchev–Trinajstić information content (AvgIpc) is 2.52. The standard InChI is InChI=1S/C16H14ClIN6/c1-8-3-2-4-9-5-10(24-13(17)11(8)9)6-21-16-12(14(18)19)15(20)22-7-23-16/h2-5,7,19H,6H2,1H3,(H3,20,21,22,23). The topological polar surface area (TPSA) is 101 Å². The van der Waals surface area contributed by atoms with Gasteiger partial charge in [-0.15, -0.1) is 0 Å². The number of pyridine rings is 1. The van der Waals surface area contributed by atoms with Gasteiger partial charge in [0.2, 0.25) is 0 Å². The van der Waals surface area contributed by atoms with Crippen molar-refractivity contribution in [2.45, 2.75) is 13.5 Å². The highest BCUT2D eigenvalue weighted by molar-refractivity contribution is 14.1. The average molecular weight is 453 g/mol. The summed E-state index contributed by atoms with van der Waals surface area (Å²) in [5, 5.41) is 13.5. The molecule has 2 aromatic heterocycles. The molecule has 3 rings (SSSR count). The lowest BCUT2D eigenvalue weighted by molar-refractivity contribution is 1.03. The van der Waals surface area contributed by atoms with Gasteiger partial charge in [-0.2, -0.15) is 0 Å². The van der Waals surface area contributed by atoms with Gasteiger partial charge in [-0.25, -0.2) is 15.0 Å². The molecule has 2 heterocycles. The molecule has 0 aliphatic heterocycles. The summed E-state index contributed by atoms with van der Waals surface area (Å²) < 4.78 is 0.272. The molecule has 0 radical (unpaired) electrons. The molecule has 0 atom stereocenters. The number of aromatic nitrogens is 3. The molecular formula is C16H14ClIN6. The predicted octanol–water partition coefficient (Wildman–Crippen LogP) is 3.94. The molecule has 122 valence electrons. The minimum atomic E-state index is 0.270. The van der Waals surface area contributed by atoms with E-state index in [1.54, 1.807) is 0 Å². The third-order valence-electron chi connectivity index (χ3n) is 3.61. The number of nitrogens with one attached hydrogen (secondary N) is 2. The number of halogens is 2. The Labute approximate surface area is 157 Å². The van der Waals surface area contributed by atoms with Crippen molar-refractivity contribution < 1.29 is 0 Å². The highest BCUT2D eigenvalue weighted by Crippen LogP contribution is 2.26. The van der Waals surface area contributed by atoms with Gasteiger partial charge in [0.1, 0.15) is 26.8 Å². The lowest BCUT2D eigenvalue weighted by Gasteiger charge is -2.12. The lowest BCUT2D eigenvalue weighted by Crippen LogP contribution is -2.10. The highest BCUT2D eigenvalue weighted by Gasteiger charge is 2.13. The Morgan fingerprint density at radius 1 is 1.38 bits per heavy atom. The maximum absolute atomic E-state index is 7.82. The lowest BCUT2D eigenvalue weighted by atomic mass is 10.1. The Kier molecular flexibility index (Phi) is 4.81. The molecule has 24 heavy (non-hydrogen) atoms. The first-order valence-electron chi connectivity index (χ1n) is 7.11. The Morgan fingerprint density at radius 2 is 2.17 bits per heavy atom. The summed E-state index contributed by atoms with van der Waals surface area (Å²) in [6.07, 6.45) is 1.37. The van der Waals surface area contributed by atoms with E-state index >= 15 is 0 Å². The van der Waals surface area contributed by atoms with Crippen molar-refractivity contribution in [2.24, 2.45) is 0 Å². The number of rotatable bonds is 4. The van der Waals surface area contributed by atoms with Gasteiger partial charge in [-0.05, 0) is 46.5 Å². The largest absolute Gasteiger partial charge is 0.383 e. The molecule has 0 bridgehead atoms. The van der Waals surface area contributed by atoms with Crippen molar-refractivity contribution >= 4 is 60.3 Å². The zero-order valence-corrected chi connectivity index (χ0v) is 15.7. The van der Waals surface area contributed by atoms with Gasteiger partial charge in [0.05, 0.1) is 17.8 Å². The minimum absolute atomic E-state index is 0.270. The second-order valence-corrected chi connectivity index (χ2v) is 6.66. The number of anilines is 2. The first-order chi connectivity index (χ1) is 11.5. The van der Waals surface area contributed by atoms with Crippen LogP contribution in [0.3, 0.4) is 0 Å². The summed E-state index contributed by atoms with van der Waals surface area (Å²) in [6, 6.07) is 8.00. The van der Waals surface area contributed by atoms with Gasteiger partial charge >= 0.3 is 0 Å². The number of hydrogen-bond acceptors (Lipinski definition) is 6. The van der Waals surface area contributed by atoms with Crippen LogP contribution in [0.15, 0.2) is 30.6 Å². The summed E-state index contributed by atoms with van der Waals surface area (Å²) in [4.78, 5) is 12.5. The van der Waals surface area contributed by atoms with E-state index in [-0.39, 0.29) is 9.54 Å². The number of fused-ring (bicyclic) bond motifs is 1. The minimum Gasteiger partial charge on any atom is -0.383 e. The zero-order chi connectivity index (χ0) is 17.3. The van der Waals surface area contributed by atoms with Crippen LogP contribution >= 0.6 is 34.2 Å². The second kappa shape index (κ2) is 6.86. The van der Waals surface area contributed by atoms with Crippen LogP contribution in [0.1, 0.15) is 16.8 Å². The molecule has 0 aliphatic carbocycles. The van der Waals surface area contributed by atoms with Crippen LogP contribution in [0.2, 0.25) is 5.15 Å². The highest BCUT2D eigenvalue weighted by atomic mass is 127. The SMILES string of the molecule is Cc1cccc2cc(CNc3ncnc(N)c3C(=N)I)nc(Cl)c12. The Balaban J connectivity index is 1.92. The van der Waals surface area contributed by atoms with Crippen LogP contribution in [0.5, 0.6) is 0 Å². The smallest absolute Gasteiger partial charge is 0.141 e. The van der Waals surface area contributed by atoms with E-state index in [2.05, 4.69) is 20.3 Å². The summed E-state index contributed by atoms with van der Waals surface area (Å²) in [6.45, 7) is 2.42. The molecule has 4 N–H and O–H groups in total. The number of nitrogens with two attached hydrogens (primary N) is 1. The Morgan fingerprint density at radius 3 is 2.92 bits per heavy atom. The fourth-order valence-electron chi connectivity index (χ4n) is 2.50. The molecule has 0 amide bonds. The molecule has 3 aromatic rings. The van der Waals surface area contributed by atoms with Crippen LogP contribution in [-0.4, -0.2) is 18.7 Å². The van der Waals surface area contributed by atoms with E-state index in [9.17, 15) is 0 Å². The molecule has 0 saturated heterocycles. The van der Waals surface area contributed by atoms with Crippen molar-refractivity contribution in [3.8, 4) is 0 Å². The Hall–Kier alpha value is -2.00. The summed E-state index contributed by atoms with van der Waals surface area (Å²) in [5.41, 5.74) is 8.19. The molecule has 0 spiro atoms. The quantitative estimate of drug-likeness (QED) is 0.316. The molecule has 0 fully saturated rings. The summed E-state index contributed by atoms with van der Waals surface area (Å²) >= 11 is 8.22. The maximum Gasteiger partial charge on any atom is 0.141 e. The van der Waals surface area contributed by atoms with Gasteiger partial charge < -0.3 is 11.1 Å². The number of aryl methyl sites for hydroxylation is 1. The molecule has 6 nitrogen and oxygen atoms in total. The van der Waals surface area contributed by atoms with Gasteiger partial charge in [0.15, 0.2) is 0 Å². The van der Waals surface area contributed by atoms with E-state index in [1.807, 2.05) is 53.8 Å². The molecule has 8 heteroatoms. The normalized spacial score (nSPS) is 10.8. The van der Waals surface area contributed by atoms with Crippen molar-refractivity contribution in [1.29, 1.82) is 5.41 Å². The van der Waals surface area contributed by atoms with Gasteiger partial charge in [0.25, 0.3) is 0 Å². The summed E-state index contributed by atoms with van der Waals surface area (Å²) in [7, 11) is 0. The monoisotopic (exact) mass is 452 g/mol. The van der Waals surface area contributed by atoms with E-state index in [4.69, 9.17) is 22.7 Å². The first kappa shape index (κ1) is 16.8. The predicted molar refractivity (Wildman–Crippen MR) is 106 cm³/mol. The number of nitrogen functional groups attached to an aromatic ring is 1. The molecule has 0 saturated carbocycles. The van der Waals surface area contributed by atoms with E-state index in [0.717, 1.165) is 22.0 Å². The van der Waals surface area contributed by atoms with Crippen molar-refractivity contribution in [2.75, 3.05) is 11.1 Å². The van der Waals surface area contributed by atoms with Crippen LogP contribution in [0.25, 0.3) is 10.8 Å². The van der Waals surface area contributed by atoms with Crippen LogP contribution in [0.4, 0.5) is 11.6 Å². The maximum atomic E-state index is 7.82.